The summed E-state index contributed by atoms with van der Waals surface area (Å²) in [6, 6.07) is 13.7. The maximum Gasteiger partial charge on any atom is -0.0102 e. The van der Waals surface area contributed by atoms with Crippen molar-refractivity contribution in [2.75, 3.05) is 0 Å². The van der Waals surface area contributed by atoms with E-state index in [1.54, 1.807) is 0 Å². The molecule has 3 aromatic rings. The molecule has 0 atom stereocenters. The third-order valence-corrected chi connectivity index (χ3v) is 4.06. The lowest BCUT2D eigenvalue weighted by atomic mass is 9.95. The summed E-state index contributed by atoms with van der Waals surface area (Å²) < 4.78 is 0. The van der Waals surface area contributed by atoms with Crippen molar-refractivity contribution >= 4 is 21.5 Å². The molecule has 0 aliphatic heterocycles. The van der Waals surface area contributed by atoms with Crippen LogP contribution in [0.5, 0.6) is 0 Å². The molecule has 0 N–H and O–H groups in total. The van der Waals surface area contributed by atoms with Crippen molar-refractivity contribution in [2.45, 2.75) is 27.7 Å². The highest BCUT2D eigenvalue weighted by Crippen LogP contribution is 2.29. The molecular formula is C18H18. The minimum absolute atomic E-state index is 1.34. The molecule has 0 amide bonds. The van der Waals surface area contributed by atoms with E-state index in [1.807, 2.05) is 0 Å². The Bertz CT molecular complexity index is 697. The molecule has 0 saturated heterocycles. The Kier molecular flexibility index (Phi) is 2.41. The van der Waals surface area contributed by atoms with Crippen LogP contribution >= 0.6 is 0 Å². The highest BCUT2D eigenvalue weighted by atomic mass is 14.1. The highest BCUT2D eigenvalue weighted by Gasteiger charge is 2.04. The minimum atomic E-state index is 1.34. The zero-order valence-corrected chi connectivity index (χ0v) is 11.5. The van der Waals surface area contributed by atoms with E-state index in [0.29, 0.717) is 0 Å². The fourth-order valence-corrected chi connectivity index (χ4v) is 2.60. The molecule has 0 unspecified atom stereocenters. The summed E-state index contributed by atoms with van der Waals surface area (Å²) in [5.74, 6) is 0. The van der Waals surface area contributed by atoms with Gasteiger partial charge in [0.05, 0.1) is 0 Å². The second-order valence-corrected chi connectivity index (χ2v) is 5.38. The normalized spacial score (nSPS) is 11.3. The molecule has 0 heteroatoms. The lowest BCUT2D eigenvalue weighted by Gasteiger charge is -2.10. The molecule has 0 fully saturated rings. The Morgan fingerprint density at radius 2 is 0.833 bits per heavy atom. The quantitative estimate of drug-likeness (QED) is 0.467. The number of fused-ring (bicyclic) bond motifs is 3. The zero-order chi connectivity index (χ0) is 12.9. The van der Waals surface area contributed by atoms with Gasteiger partial charge in [-0.3, -0.25) is 0 Å². The molecule has 0 spiro atoms. The molecule has 0 aromatic heterocycles. The van der Waals surface area contributed by atoms with Crippen LogP contribution < -0.4 is 0 Å². The SMILES string of the molecule is Cc1cc2ccc3cc(C)c(C)cc3c2cc1C. The summed E-state index contributed by atoms with van der Waals surface area (Å²) in [5, 5.41) is 5.43. The molecule has 0 nitrogen and oxygen atoms in total. The van der Waals surface area contributed by atoms with E-state index in [-0.39, 0.29) is 0 Å². The Labute approximate surface area is 108 Å². The van der Waals surface area contributed by atoms with Crippen LogP contribution in [0.25, 0.3) is 21.5 Å². The largest absolute Gasteiger partial charge is 0.0537 e. The summed E-state index contributed by atoms with van der Waals surface area (Å²) in [5.41, 5.74) is 5.47. The van der Waals surface area contributed by atoms with E-state index in [2.05, 4.69) is 64.1 Å². The fraction of sp³-hybridized carbons (Fsp3) is 0.222. The van der Waals surface area contributed by atoms with Crippen LogP contribution in [0.15, 0.2) is 36.4 Å². The van der Waals surface area contributed by atoms with Gasteiger partial charge in [-0.05, 0) is 71.5 Å². The second-order valence-electron chi connectivity index (χ2n) is 5.38. The van der Waals surface area contributed by atoms with Crippen LogP contribution in [0.2, 0.25) is 0 Å². The van der Waals surface area contributed by atoms with E-state index in [0.717, 1.165) is 0 Å². The average molecular weight is 234 g/mol. The lowest BCUT2D eigenvalue weighted by Crippen LogP contribution is -1.86. The third-order valence-electron chi connectivity index (χ3n) is 4.06. The van der Waals surface area contributed by atoms with Gasteiger partial charge in [-0.2, -0.15) is 0 Å². The van der Waals surface area contributed by atoms with Gasteiger partial charge in [-0.1, -0.05) is 36.4 Å². The summed E-state index contributed by atoms with van der Waals surface area (Å²) in [7, 11) is 0. The molecule has 0 heterocycles. The van der Waals surface area contributed by atoms with Crippen LogP contribution in [0.3, 0.4) is 0 Å². The molecule has 18 heavy (non-hydrogen) atoms. The zero-order valence-electron chi connectivity index (χ0n) is 11.5. The fourth-order valence-electron chi connectivity index (χ4n) is 2.60. The van der Waals surface area contributed by atoms with Crippen molar-refractivity contribution < 1.29 is 0 Å². The van der Waals surface area contributed by atoms with Gasteiger partial charge in [0.2, 0.25) is 0 Å². The molecule has 90 valence electrons. The monoisotopic (exact) mass is 234 g/mol. The smallest absolute Gasteiger partial charge is 0.0102 e. The summed E-state index contributed by atoms with van der Waals surface area (Å²) >= 11 is 0. The first kappa shape index (κ1) is 11.3. The first-order valence-corrected chi connectivity index (χ1v) is 6.47. The molecular weight excluding hydrogens is 216 g/mol. The van der Waals surface area contributed by atoms with Gasteiger partial charge in [0.25, 0.3) is 0 Å². The van der Waals surface area contributed by atoms with Crippen LogP contribution in [-0.4, -0.2) is 0 Å². The number of benzene rings is 3. The molecule has 0 radical (unpaired) electrons. The molecule has 0 saturated carbocycles. The van der Waals surface area contributed by atoms with Crippen molar-refractivity contribution in [3.05, 3.63) is 58.7 Å². The van der Waals surface area contributed by atoms with E-state index < -0.39 is 0 Å². The van der Waals surface area contributed by atoms with E-state index in [9.17, 15) is 0 Å². The third kappa shape index (κ3) is 1.60. The van der Waals surface area contributed by atoms with Gasteiger partial charge >= 0.3 is 0 Å². The van der Waals surface area contributed by atoms with Crippen LogP contribution in [0.4, 0.5) is 0 Å². The Morgan fingerprint density at radius 1 is 0.500 bits per heavy atom. The first-order valence-electron chi connectivity index (χ1n) is 6.47. The van der Waals surface area contributed by atoms with Crippen molar-refractivity contribution in [3.63, 3.8) is 0 Å². The van der Waals surface area contributed by atoms with Gasteiger partial charge in [-0.15, -0.1) is 0 Å². The molecule has 0 aliphatic carbocycles. The second kappa shape index (κ2) is 3.84. The number of rotatable bonds is 0. The number of aryl methyl sites for hydroxylation is 4. The van der Waals surface area contributed by atoms with Crippen LogP contribution in [0, 0.1) is 27.7 Å². The molecule has 3 aromatic carbocycles. The average Bonchev–Trinajstić information content (AvgIpc) is 2.33. The Morgan fingerprint density at radius 3 is 1.22 bits per heavy atom. The van der Waals surface area contributed by atoms with Gasteiger partial charge < -0.3 is 0 Å². The maximum absolute atomic E-state index is 2.32. The predicted octanol–water partition coefficient (Wildman–Crippen LogP) is 5.23. The predicted molar refractivity (Wildman–Crippen MR) is 80.4 cm³/mol. The van der Waals surface area contributed by atoms with E-state index >= 15 is 0 Å². The van der Waals surface area contributed by atoms with Gasteiger partial charge in [0, 0.05) is 0 Å². The summed E-state index contributed by atoms with van der Waals surface area (Å²) in [4.78, 5) is 0. The first-order chi connectivity index (χ1) is 8.56. The summed E-state index contributed by atoms with van der Waals surface area (Å²) in [6.45, 7) is 8.74. The number of hydrogen-bond donors (Lipinski definition) is 0. The van der Waals surface area contributed by atoms with E-state index in [1.165, 1.54) is 43.8 Å². The Hall–Kier alpha value is -1.82. The van der Waals surface area contributed by atoms with Gasteiger partial charge in [0.1, 0.15) is 0 Å². The number of hydrogen-bond acceptors (Lipinski definition) is 0. The van der Waals surface area contributed by atoms with Crippen LogP contribution in [-0.2, 0) is 0 Å². The Balaban J connectivity index is 2.52. The maximum atomic E-state index is 2.32. The van der Waals surface area contributed by atoms with Crippen LogP contribution in [0.1, 0.15) is 22.3 Å². The van der Waals surface area contributed by atoms with Crippen molar-refractivity contribution in [2.24, 2.45) is 0 Å². The van der Waals surface area contributed by atoms with Gasteiger partial charge in [-0.25, -0.2) is 0 Å². The minimum Gasteiger partial charge on any atom is -0.0537 e. The highest BCUT2D eigenvalue weighted by molar-refractivity contribution is 6.08. The standard InChI is InChI=1S/C18H18/c1-11-7-15-5-6-16-8-12(2)14(4)10-18(16)17(15)9-13(11)3/h5-10H,1-4H3. The van der Waals surface area contributed by atoms with Crippen molar-refractivity contribution in [1.29, 1.82) is 0 Å². The molecule has 0 bridgehead atoms. The van der Waals surface area contributed by atoms with Crippen molar-refractivity contribution in [1.82, 2.24) is 0 Å². The molecule has 3 rings (SSSR count). The lowest BCUT2D eigenvalue weighted by molar-refractivity contribution is 1.36. The van der Waals surface area contributed by atoms with Crippen molar-refractivity contribution in [3.8, 4) is 0 Å². The summed E-state index contributed by atoms with van der Waals surface area (Å²) in [6.07, 6.45) is 0. The molecule has 0 aliphatic rings. The van der Waals surface area contributed by atoms with E-state index in [4.69, 9.17) is 0 Å². The van der Waals surface area contributed by atoms with Gasteiger partial charge in [0.15, 0.2) is 0 Å². The topological polar surface area (TPSA) is 0 Å².